The third-order valence-electron chi connectivity index (χ3n) is 2.97. The maximum atomic E-state index is 11.9. The maximum absolute atomic E-state index is 11.9. The highest BCUT2D eigenvalue weighted by molar-refractivity contribution is 5.82. The van der Waals surface area contributed by atoms with Crippen LogP contribution in [0.25, 0.3) is 0 Å². The number of aliphatic hydroxyl groups is 1. The molecular formula is C16H17NO3. The molecule has 2 aromatic rings. The number of ether oxygens (including phenoxy) is 1. The summed E-state index contributed by atoms with van der Waals surface area (Å²) < 4.78 is 5.07. The molecule has 20 heavy (non-hydrogen) atoms. The van der Waals surface area contributed by atoms with Crippen molar-refractivity contribution < 1.29 is 14.6 Å². The third kappa shape index (κ3) is 3.59. The van der Waals surface area contributed by atoms with E-state index in [0.29, 0.717) is 17.9 Å². The molecule has 2 rings (SSSR count). The number of rotatable bonds is 5. The molecule has 104 valence electrons. The second-order valence-corrected chi connectivity index (χ2v) is 4.38. The minimum atomic E-state index is -1.20. The molecule has 4 nitrogen and oxygen atoms in total. The van der Waals surface area contributed by atoms with Crippen LogP contribution in [0.2, 0.25) is 0 Å². The van der Waals surface area contributed by atoms with Crippen molar-refractivity contribution in [2.24, 2.45) is 0 Å². The van der Waals surface area contributed by atoms with Crippen molar-refractivity contribution >= 4 is 5.91 Å². The average molecular weight is 271 g/mol. The van der Waals surface area contributed by atoms with Crippen LogP contribution in [-0.2, 0) is 11.3 Å². The highest BCUT2D eigenvalue weighted by atomic mass is 16.5. The molecule has 0 aliphatic rings. The molecule has 2 aromatic carbocycles. The summed E-state index contributed by atoms with van der Waals surface area (Å²) in [5.41, 5.74) is 1.49. The van der Waals surface area contributed by atoms with Crippen LogP contribution in [-0.4, -0.2) is 18.1 Å². The molecule has 1 amide bonds. The number of methoxy groups -OCH3 is 1. The standard InChI is InChI=1S/C16H17NO3/c1-20-14-9-5-8-13(10-14)15(18)16(19)17-11-12-6-3-2-4-7-12/h2-10,15,18H,11H2,1H3,(H,17,19). The van der Waals surface area contributed by atoms with E-state index in [1.54, 1.807) is 31.4 Å². The number of amides is 1. The summed E-state index contributed by atoms with van der Waals surface area (Å²) in [6, 6.07) is 16.4. The summed E-state index contributed by atoms with van der Waals surface area (Å²) in [6.07, 6.45) is -1.20. The molecular weight excluding hydrogens is 254 g/mol. The van der Waals surface area contributed by atoms with Gasteiger partial charge < -0.3 is 15.2 Å². The van der Waals surface area contributed by atoms with Gasteiger partial charge in [-0.25, -0.2) is 0 Å². The molecule has 1 unspecified atom stereocenters. The van der Waals surface area contributed by atoms with E-state index in [0.717, 1.165) is 5.56 Å². The summed E-state index contributed by atoms with van der Waals surface area (Å²) in [6.45, 7) is 0.390. The zero-order chi connectivity index (χ0) is 14.4. The van der Waals surface area contributed by atoms with Crippen LogP contribution in [0.5, 0.6) is 5.75 Å². The average Bonchev–Trinajstić information content (AvgIpc) is 2.53. The fraction of sp³-hybridized carbons (Fsp3) is 0.188. The van der Waals surface area contributed by atoms with Crippen LogP contribution >= 0.6 is 0 Å². The Morgan fingerprint density at radius 1 is 1.20 bits per heavy atom. The predicted octanol–water partition coefficient (Wildman–Crippen LogP) is 2.04. The summed E-state index contributed by atoms with van der Waals surface area (Å²) in [4.78, 5) is 11.9. The number of carbonyl (C=O) groups excluding carboxylic acids is 1. The Balaban J connectivity index is 1.98. The first-order valence-corrected chi connectivity index (χ1v) is 6.34. The SMILES string of the molecule is COc1cccc(C(O)C(=O)NCc2ccccc2)c1. The van der Waals surface area contributed by atoms with E-state index in [1.165, 1.54) is 0 Å². The van der Waals surface area contributed by atoms with Crippen molar-refractivity contribution in [1.29, 1.82) is 0 Å². The second-order valence-electron chi connectivity index (χ2n) is 4.38. The van der Waals surface area contributed by atoms with E-state index in [9.17, 15) is 9.90 Å². The molecule has 0 aliphatic carbocycles. The Kier molecular flexibility index (Phi) is 4.74. The molecule has 0 saturated carbocycles. The zero-order valence-electron chi connectivity index (χ0n) is 11.2. The smallest absolute Gasteiger partial charge is 0.253 e. The monoisotopic (exact) mass is 271 g/mol. The fourth-order valence-corrected chi connectivity index (χ4v) is 1.84. The van der Waals surface area contributed by atoms with Gasteiger partial charge in [-0.2, -0.15) is 0 Å². The molecule has 1 atom stereocenters. The number of hydrogen-bond acceptors (Lipinski definition) is 3. The topological polar surface area (TPSA) is 58.6 Å². The van der Waals surface area contributed by atoms with Gasteiger partial charge in [0.05, 0.1) is 7.11 Å². The lowest BCUT2D eigenvalue weighted by Crippen LogP contribution is -2.28. The first-order chi connectivity index (χ1) is 9.70. The van der Waals surface area contributed by atoms with Gasteiger partial charge in [0.25, 0.3) is 5.91 Å². The lowest BCUT2D eigenvalue weighted by atomic mass is 10.1. The minimum absolute atomic E-state index is 0.390. The van der Waals surface area contributed by atoms with Gasteiger partial charge >= 0.3 is 0 Å². The number of hydrogen-bond donors (Lipinski definition) is 2. The largest absolute Gasteiger partial charge is 0.497 e. The molecule has 0 fully saturated rings. The highest BCUT2D eigenvalue weighted by Gasteiger charge is 2.17. The van der Waals surface area contributed by atoms with Crippen molar-refractivity contribution in [3.05, 3.63) is 65.7 Å². The van der Waals surface area contributed by atoms with E-state index in [4.69, 9.17) is 4.74 Å². The van der Waals surface area contributed by atoms with Crippen molar-refractivity contribution in [3.63, 3.8) is 0 Å². The van der Waals surface area contributed by atoms with Crippen LogP contribution < -0.4 is 10.1 Å². The van der Waals surface area contributed by atoms with Crippen LogP contribution in [0.1, 0.15) is 17.2 Å². The normalized spacial score (nSPS) is 11.7. The highest BCUT2D eigenvalue weighted by Crippen LogP contribution is 2.19. The minimum Gasteiger partial charge on any atom is -0.497 e. The Morgan fingerprint density at radius 2 is 1.95 bits per heavy atom. The molecule has 0 bridgehead atoms. The van der Waals surface area contributed by atoms with Crippen LogP contribution in [0.3, 0.4) is 0 Å². The van der Waals surface area contributed by atoms with Gasteiger partial charge in [-0.05, 0) is 23.3 Å². The first kappa shape index (κ1) is 14.1. The van der Waals surface area contributed by atoms with Crippen molar-refractivity contribution in [1.82, 2.24) is 5.32 Å². The van der Waals surface area contributed by atoms with E-state index in [1.807, 2.05) is 30.3 Å². The molecule has 0 aromatic heterocycles. The summed E-state index contributed by atoms with van der Waals surface area (Å²) >= 11 is 0. The van der Waals surface area contributed by atoms with Crippen LogP contribution in [0, 0.1) is 0 Å². The number of aliphatic hydroxyl groups excluding tert-OH is 1. The Morgan fingerprint density at radius 3 is 2.65 bits per heavy atom. The number of nitrogens with one attached hydrogen (secondary N) is 1. The second kappa shape index (κ2) is 6.73. The number of carbonyl (C=O) groups is 1. The van der Waals surface area contributed by atoms with Gasteiger partial charge in [0.15, 0.2) is 6.10 Å². The zero-order valence-corrected chi connectivity index (χ0v) is 11.2. The molecule has 0 radical (unpaired) electrons. The molecule has 0 saturated heterocycles. The van der Waals surface area contributed by atoms with E-state index < -0.39 is 12.0 Å². The van der Waals surface area contributed by atoms with E-state index >= 15 is 0 Å². The lowest BCUT2D eigenvalue weighted by molar-refractivity contribution is -0.129. The van der Waals surface area contributed by atoms with Gasteiger partial charge in [0.2, 0.25) is 0 Å². The summed E-state index contributed by atoms with van der Waals surface area (Å²) in [5, 5.41) is 12.7. The molecule has 0 aliphatic heterocycles. The predicted molar refractivity (Wildman–Crippen MR) is 76.2 cm³/mol. The van der Waals surface area contributed by atoms with E-state index in [2.05, 4.69) is 5.32 Å². The summed E-state index contributed by atoms with van der Waals surface area (Å²) in [7, 11) is 1.54. The molecule has 4 heteroatoms. The van der Waals surface area contributed by atoms with Gasteiger partial charge in [0.1, 0.15) is 5.75 Å². The Labute approximate surface area is 118 Å². The third-order valence-corrected chi connectivity index (χ3v) is 2.97. The Bertz CT molecular complexity index is 569. The number of benzene rings is 2. The molecule has 0 spiro atoms. The van der Waals surface area contributed by atoms with Crippen molar-refractivity contribution in [2.75, 3.05) is 7.11 Å². The van der Waals surface area contributed by atoms with Gasteiger partial charge in [-0.15, -0.1) is 0 Å². The van der Waals surface area contributed by atoms with Crippen LogP contribution in [0.4, 0.5) is 0 Å². The van der Waals surface area contributed by atoms with E-state index in [-0.39, 0.29) is 0 Å². The van der Waals surface area contributed by atoms with Crippen LogP contribution in [0.15, 0.2) is 54.6 Å². The Hall–Kier alpha value is -2.33. The molecule has 2 N–H and O–H groups in total. The van der Waals surface area contributed by atoms with Gasteiger partial charge in [-0.1, -0.05) is 42.5 Å². The van der Waals surface area contributed by atoms with Crippen molar-refractivity contribution in [3.8, 4) is 5.75 Å². The van der Waals surface area contributed by atoms with Gasteiger partial charge in [-0.3, -0.25) is 4.79 Å². The quantitative estimate of drug-likeness (QED) is 0.875. The first-order valence-electron chi connectivity index (χ1n) is 6.34. The fourth-order valence-electron chi connectivity index (χ4n) is 1.84. The van der Waals surface area contributed by atoms with Gasteiger partial charge in [0, 0.05) is 6.54 Å². The lowest BCUT2D eigenvalue weighted by Gasteiger charge is -2.12. The molecule has 0 heterocycles. The van der Waals surface area contributed by atoms with Crippen molar-refractivity contribution in [2.45, 2.75) is 12.6 Å². The maximum Gasteiger partial charge on any atom is 0.253 e. The summed E-state index contributed by atoms with van der Waals surface area (Å²) in [5.74, 6) is 0.180.